The van der Waals surface area contributed by atoms with Crippen LogP contribution in [0.5, 0.6) is 0 Å². The number of benzene rings is 10. The van der Waals surface area contributed by atoms with Crippen LogP contribution in [0.4, 0.5) is 28.4 Å². The zero-order valence-corrected chi connectivity index (χ0v) is 105. The summed E-state index contributed by atoms with van der Waals surface area (Å²) >= 11 is -3.75. The molecular formula is C130H172Cl6N6P2Ru3S-2. The summed E-state index contributed by atoms with van der Waals surface area (Å²) in [6.45, 7) is 51.1. The quantitative estimate of drug-likeness (QED) is 0.0435. The van der Waals surface area contributed by atoms with Gasteiger partial charge in [0.25, 0.3) is 0 Å². The van der Waals surface area contributed by atoms with Gasteiger partial charge >= 0.3 is 324 Å². The van der Waals surface area contributed by atoms with Gasteiger partial charge in [0.05, 0.1) is 34.0 Å². The number of nitrogens with zero attached hydrogens (tertiary/aromatic N) is 6. The van der Waals surface area contributed by atoms with Gasteiger partial charge in [0.2, 0.25) is 0 Å². The number of aryl methyl sites for hydroxylation is 15. The monoisotopic (exact) mass is 2430 g/mol. The molecule has 0 radical (unpaired) electrons. The second-order valence-electron chi connectivity index (χ2n) is 43.2. The Kier molecular flexibility index (Phi) is 49.6. The second-order valence-corrected chi connectivity index (χ2v) is 69.1. The molecule has 8 aliphatic carbocycles. The van der Waals surface area contributed by atoms with Crippen molar-refractivity contribution in [2.24, 2.45) is 0 Å². The van der Waals surface area contributed by atoms with Crippen LogP contribution in [0, 0.1) is 131 Å². The standard InChI is InChI=1S/2C21H27N2.2C18H33P.2C15H10.C13H19N2.C7H6S.C2H5.6ClH.3Ru/c2*1-14-9-16(3)20(17(4)10-14)22-7-8-23(13-22)21-18(5)11-15(2)12-19(21)6;2*1-4-10-16(11-5-1)19(17-12-6-2-7-13-17)18-14-8-3-9-15-18;2*1-2-6-12(7-3-1)15-11-10-13-8-4-5-9-14(13)15;1-10-7-11(2)13(12(3)8-10)15-6-5-14(4)9-15;1-8-7-5-3-2-4-6-7;1-2;;;;;;;;;/h2*9-13H,7-8H2,1-6H3;2*16-18H,1-15H2;2*1-9,11H;7-9H,5-6H2,1-4H3;1-6H;1H2,2H3;6*1H;;;/q2*-1;;;;;-1;;-1;;;;;;;3*+2/p-4. The summed E-state index contributed by atoms with van der Waals surface area (Å²) in [5.74, 6) is 0. The maximum atomic E-state index is 6.19. The van der Waals surface area contributed by atoms with Crippen LogP contribution >= 0.6 is 85.8 Å². The average molecular weight is 2430 g/mol. The van der Waals surface area contributed by atoms with Crippen molar-refractivity contribution < 1.29 is 40.6 Å². The van der Waals surface area contributed by atoms with Gasteiger partial charge in [-0.1, -0.05) is 127 Å². The van der Waals surface area contributed by atoms with E-state index in [1.807, 2.05) is 82.8 Å². The van der Waals surface area contributed by atoms with Gasteiger partial charge in [0.1, 0.15) is 0 Å². The predicted molar refractivity (Wildman–Crippen MR) is 656 cm³/mol. The van der Waals surface area contributed by atoms with E-state index in [1.165, 1.54) is 195 Å². The molecule has 10 aromatic carbocycles. The summed E-state index contributed by atoms with van der Waals surface area (Å²) in [5, 5.41) is 0. The van der Waals surface area contributed by atoms with Crippen molar-refractivity contribution in [3.05, 3.63) is 356 Å². The SMILES string of the molecule is C1CCC([PH+](C2CCCCC2)C2CCCCC2)CC1.C1CCC([PH+](C2CCCCC2)C2CCCCC2)CC1.Cc1cc(C)c(N2[CH-]N(C)CC2)c(C)c1.Cc1cc(C)c(N2[CH-]N(c3c(C)cc(C)cc3C)CC2)c(C)c1.Cc1cc(C)c(N2[CH-]N(c3c(C)cc(C)cc3C)CC2)c(C)c1.[CH2-]C.[Cl][Ru]([Cl])=[CH]Sc1ccccc1.[Cl][Ru]([Cl])=[C]1C=C(c2ccccc2)c2ccccc21.[Cl][Ru]([Cl])=[C]1C=C(c2ccccc2)c2ccccc21. The molecule has 0 atom stereocenters. The molecule has 21 rings (SSSR count). The third-order valence-corrected chi connectivity index (χ3v) is 51.7. The molecule has 0 aromatic heterocycles. The van der Waals surface area contributed by atoms with Gasteiger partial charge in [-0.2, -0.15) is 26.9 Å². The number of thioether (sulfide) groups is 1. The van der Waals surface area contributed by atoms with Gasteiger partial charge in [-0.25, -0.2) is 0 Å². The third-order valence-electron chi connectivity index (χ3n) is 31.7. The maximum absolute atomic E-state index is 6.19. The topological polar surface area (TPSA) is 19.4 Å². The van der Waals surface area contributed by atoms with E-state index in [0.717, 1.165) is 47.5 Å². The van der Waals surface area contributed by atoms with Crippen LogP contribution in [0.1, 0.15) is 316 Å². The molecule has 0 amide bonds. The summed E-state index contributed by atoms with van der Waals surface area (Å²) in [5.41, 5.74) is 44.2. The number of allylic oxidation sites excluding steroid dienone is 2. The molecule has 806 valence electrons. The molecular weight excluding hydrogens is 2260 g/mol. The number of rotatable bonds is 15. The summed E-state index contributed by atoms with van der Waals surface area (Å²) in [4.78, 5) is 15.4. The fraction of sp³-hybridized carbons (Fsp3) is 0.454. The number of hydrogen-bond donors (Lipinski definition) is 0. The van der Waals surface area contributed by atoms with Gasteiger partial charge in [-0.15, -0.1) is 0 Å². The number of fused-ring (bicyclic) bond motifs is 2. The fourth-order valence-corrected chi connectivity index (χ4v) is 44.3. The van der Waals surface area contributed by atoms with E-state index in [-0.39, 0.29) is 15.8 Å². The Balaban J connectivity index is 0.000000142. The molecule has 3 aliphatic heterocycles. The molecule has 0 N–H and O–H groups in total. The molecule has 3 saturated heterocycles. The van der Waals surface area contributed by atoms with Crippen LogP contribution in [-0.4, -0.2) is 97.3 Å². The van der Waals surface area contributed by atoms with Gasteiger partial charge in [-0.05, 0) is 327 Å². The Morgan fingerprint density at radius 2 is 0.486 bits per heavy atom. The van der Waals surface area contributed by atoms with Crippen molar-refractivity contribution in [1.29, 1.82) is 0 Å². The zero-order valence-electron chi connectivity index (χ0n) is 92.1. The predicted octanol–water partition coefficient (Wildman–Crippen LogP) is 38.3. The van der Waals surface area contributed by atoms with Crippen molar-refractivity contribution in [2.75, 3.05) is 70.8 Å². The van der Waals surface area contributed by atoms with Crippen LogP contribution in [0.3, 0.4) is 0 Å². The first-order valence-electron chi connectivity index (χ1n) is 55.5. The van der Waals surface area contributed by atoms with E-state index in [2.05, 4.69) is 301 Å². The molecule has 148 heavy (non-hydrogen) atoms. The first kappa shape index (κ1) is 120. The van der Waals surface area contributed by atoms with E-state index in [9.17, 15) is 0 Å². The van der Waals surface area contributed by atoms with Crippen molar-refractivity contribution in [3.63, 3.8) is 0 Å². The number of likely N-dealkylation sites (N-methyl/N-ethyl adjacent to an activating group) is 1. The third kappa shape index (κ3) is 34.1. The van der Waals surface area contributed by atoms with E-state index in [4.69, 9.17) is 58.1 Å². The summed E-state index contributed by atoms with van der Waals surface area (Å²) in [6.07, 6.45) is 51.9. The molecule has 0 spiro atoms. The number of halogens is 6. The molecule has 11 aliphatic rings. The normalized spacial score (nSPS) is 18.1. The minimum atomic E-state index is -1.88. The summed E-state index contributed by atoms with van der Waals surface area (Å²) in [7, 11) is 38.1. The van der Waals surface area contributed by atoms with Crippen LogP contribution < -0.4 is 24.5 Å². The van der Waals surface area contributed by atoms with Crippen molar-refractivity contribution in [3.8, 4) is 0 Å². The van der Waals surface area contributed by atoms with Gasteiger partial charge in [0.15, 0.2) is 0 Å². The second kappa shape index (κ2) is 61.1. The molecule has 18 heteroatoms. The molecule has 3 heterocycles. The van der Waals surface area contributed by atoms with Crippen LogP contribution in [0.25, 0.3) is 11.1 Å². The number of hydrogen-bond acceptors (Lipinski definition) is 7. The molecule has 6 nitrogen and oxygen atoms in total. The first-order chi connectivity index (χ1) is 71.5. The van der Waals surface area contributed by atoms with E-state index < -0.39 is 40.6 Å². The Labute approximate surface area is 942 Å². The minimum absolute atomic E-state index is 0.0465. The van der Waals surface area contributed by atoms with Crippen molar-refractivity contribution >= 4 is 137 Å². The molecule has 9 fully saturated rings. The fourth-order valence-electron chi connectivity index (χ4n) is 26.1. The average Bonchev–Trinajstić information content (AvgIpc) is 1.61. The summed E-state index contributed by atoms with van der Waals surface area (Å²) in [6, 6.07) is 70.1. The van der Waals surface area contributed by atoms with Crippen LogP contribution in [-0.2, 0) is 40.6 Å². The zero-order chi connectivity index (χ0) is 105. The molecule has 6 saturated carbocycles. The van der Waals surface area contributed by atoms with Gasteiger partial charge in [-0.3, -0.25) is 0 Å². The van der Waals surface area contributed by atoms with E-state index in [0.29, 0.717) is 0 Å². The Hall–Kier alpha value is -4.93. The van der Waals surface area contributed by atoms with E-state index in [1.54, 1.807) is 211 Å². The van der Waals surface area contributed by atoms with E-state index >= 15 is 0 Å². The van der Waals surface area contributed by atoms with Crippen molar-refractivity contribution in [1.82, 2.24) is 4.90 Å². The van der Waals surface area contributed by atoms with Gasteiger partial charge < -0.3 is 36.3 Å². The molecule has 0 unspecified atom stereocenters. The Bertz CT molecular complexity index is 5430. The summed E-state index contributed by atoms with van der Waals surface area (Å²) < 4.78 is 4.17. The van der Waals surface area contributed by atoms with Crippen molar-refractivity contribution in [2.45, 2.75) is 342 Å². The molecule has 10 aromatic rings. The Morgan fingerprint density at radius 3 is 0.703 bits per heavy atom. The van der Waals surface area contributed by atoms with Crippen LogP contribution in [0.2, 0.25) is 0 Å². The first-order valence-corrected chi connectivity index (χ1v) is 76.0. The molecule has 0 bridgehead atoms. The van der Waals surface area contributed by atoms with Gasteiger partial charge in [0, 0.05) is 77.0 Å². The Morgan fingerprint density at radius 1 is 0.277 bits per heavy atom. The van der Waals surface area contributed by atoms with Crippen LogP contribution in [0.15, 0.2) is 217 Å². The number of anilines is 5.